The molecule has 3 aliphatic rings. The van der Waals surface area contributed by atoms with Crippen molar-refractivity contribution in [2.24, 2.45) is 4.99 Å². The van der Waals surface area contributed by atoms with Gasteiger partial charge in [0.1, 0.15) is 23.2 Å². The number of carbonyl (C=O) groups excluding carboxylic acids is 1. The summed E-state index contributed by atoms with van der Waals surface area (Å²) in [5.41, 5.74) is 2.10. The SMILES string of the molecule is CN=c1ncc2cc(-c3nc(NC(=O)c4cc(C(F)(F)F)ccn4)ccc3C)c3n(c-2n1)CCN3. The van der Waals surface area contributed by atoms with Gasteiger partial charge in [0.05, 0.1) is 11.3 Å². The van der Waals surface area contributed by atoms with Crippen molar-refractivity contribution >= 4 is 17.5 Å². The number of rotatable bonds is 3. The van der Waals surface area contributed by atoms with E-state index in [2.05, 4.69) is 35.6 Å². The minimum Gasteiger partial charge on any atom is -0.369 e. The number of nitrogens with zero attached hydrogens (tertiary/aromatic N) is 6. The Balaban J connectivity index is 1.54. The highest BCUT2D eigenvalue weighted by atomic mass is 19.4. The average Bonchev–Trinajstić information content (AvgIpc) is 3.34. The van der Waals surface area contributed by atoms with Crippen LogP contribution in [0.2, 0.25) is 0 Å². The van der Waals surface area contributed by atoms with Gasteiger partial charge in [0.15, 0.2) is 0 Å². The lowest BCUT2D eigenvalue weighted by atomic mass is 10.0. The molecule has 0 atom stereocenters. The van der Waals surface area contributed by atoms with Crippen molar-refractivity contribution in [1.29, 1.82) is 0 Å². The maximum atomic E-state index is 13.0. The normalized spacial score (nSPS) is 13.6. The van der Waals surface area contributed by atoms with Crippen molar-refractivity contribution in [3.63, 3.8) is 0 Å². The lowest BCUT2D eigenvalue weighted by molar-refractivity contribution is -0.137. The lowest BCUT2D eigenvalue weighted by Gasteiger charge is -2.18. The number of anilines is 2. The summed E-state index contributed by atoms with van der Waals surface area (Å²) in [6.45, 7) is 3.27. The number of carbonyl (C=O) groups is 1. The predicted octanol–water partition coefficient (Wildman–Crippen LogP) is 3.38. The minimum absolute atomic E-state index is 0.183. The predicted molar refractivity (Wildman–Crippen MR) is 122 cm³/mol. The minimum atomic E-state index is -4.58. The van der Waals surface area contributed by atoms with Crippen molar-refractivity contribution in [3.8, 4) is 22.6 Å². The van der Waals surface area contributed by atoms with E-state index < -0.39 is 17.6 Å². The molecule has 0 aromatic carbocycles. The molecule has 12 heteroatoms. The molecule has 0 spiro atoms. The summed E-state index contributed by atoms with van der Waals surface area (Å²) in [4.78, 5) is 33.8. The summed E-state index contributed by atoms with van der Waals surface area (Å²) in [5, 5.41) is 5.91. The number of hydrogen-bond acceptors (Lipinski definition) is 7. The van der Waals surface area contributed by atoms with Crippen molar-refractivity contribution in [3.05, 3.63) is 65.2 Å². The molecule has 0 aliphatic carbocycles. The Morgan fingerprint density at radius 1 is 1.17 bits per heavy atom. The van der Waals surface area contributed by atoms with Crippen LogP contribution in [0.15, 0.2) is 47.7 Å². The van der Waals surface area contributed by atoms with E-state index in [0.717, 1.165) is 40.6 Å². The zero-order valence-corrected chi connectivity index (χ0v) is 18.7. The quantitative estimate of drug-likeness (QED) is 0.465. The molecule has 0 radical (unpaired) electrons. The molecule has 3 aliphatic heterocycles. The van der Waals surface area contributed by atoms with Crippen LogP contribution in [-0.2, 0) is 12.7 Å². The highest BCUT2D eigenvalue weighted by Gasteiger charge is 2.31. The molecular formula is C23H19F3N8O. The number of nitrogens with one attached hydrogen (secondary N) is 2. The molecule has 0 saturated heterocycles. The molecule has 178 valence electrons. The zero-order valence-electron chi connectivity index (χ0n) is 18.7. The Labute approximate surface area is 197 Å². The molecule has 2 aromatic rings. The van der Waals surface area contributed by atoms with E-state index in [0.29, 0.717) is 30.5 Å². The first-order valence-corrected chi connectivity index (χ1v) is 10.6. The average molecular weight is 480 g/mol. The Bertz CT molecular complexity index is 1500. The molecule has 9 nitrogen and oxygen atoms in total. The van der Waals surface area contributed by atoms with E-state index in [-0.39, 0.29) is 11.5 Å². The van der Waals surface area contributed by atoms with Gasteiger partial charge in [0, 0.05) is 43.7 Å². The Kier molecular flexibility index (Phi) is 5.42. The van der Waals surface area contributed by atoms with Crippen LogP contribution in [0, 0.1) is 6.92 Å². The molecule has 5 heterocycles. The highest BCUT2D eigenvalue weighted by Crippen LogP contribution is 2.37. The van der Waals surface area contributed by atoms with Gasteiger partial charge in [-0.15, -0.1) is 0 Å². The summed E-state index contributed by atoms with van der Waals surface area (Å²) in [6, 6.07) is 6.80. The van der Waals surface area contributed by atoms with E-state index >= 15 is 0 Å². The highest BCUT2D eigenvalue weighted by molar-refractivity contribution is 6.02. The van der Waals surface area contributed by atoms with Crippen LogP contribution < -0.4 is 16.3 Å². The van der Waals surface area contributed by atoms with Crippen molar-refractivity contribution < 1.29 is 18.0 Å². The molecule has 5 rings (SSSR count). The number of hydrogen-bond donors (Lipinski definition) is 2. The zero-order chi connectivity index (χ0) is 24.7. The topological polar surface area (TPSA) is 110 Å². The lowest BCUT2D eigenvalue weighted by Crippen LogP contribution is -2.18. The number of aromatic nitrogens is 5. The van der Waals surface area contributed by atoms with Crippen LogP contribution >= 0.6 is 0 Å². The van der Waals surface area contributed by atoms with Gasteiger partial charge in [-0.25, -0.2) is 9.97 Å². The number of amides is 1. The second-order valence-electron chi connectivity index (χ2n) is 7.90. The summed E-state index contributed by atoms with van der Waals surface area (Å²) < 4.78 is 41.1. The monoisotopic (exact) mass is 480 g/mol. The molecule has 0 saturated carbocycles. The Hall–Kier alpha value is -4.35. The van der Waals surface area contributed by atoms with Crippen LogP contribution in [-0.4, -0.2) is 44.0 Å². The second-order valence-corrected chi connectivity index (χ2v) is 7.90. The van der Waals surface area contributed by atoms with Gasteiger partial charge in [-0.3, -0.25) is 14.8 Å². The van der Waals surface area contributed by atoms with E-state index in [4.69, 9.17) is 0 Å². The third-order valence-electron chi connectivity index (χ3n) is 5.61. The van der Waals surface area contributed by atoms with Crippen LogP contribution in [0.25, 0.3) is 22.6 Å². The van der Waals surface area contributed by atoms with E-state index in [1.165, 1.54) is 0 Å². The van der Waals surface area contributed by atoms with Gasteiger partial charge in [-0.05, 0) is 36.8 Å². The molecule has 0 bridgehead atoms. The summed E-state index contributed by atoms with van der Waals surface area (Å²) in [7, 11) is 1.63. The van der Waals surface area contributed by atoms with E-state index in [1.807, 2.05) is 17.6 Å². The van der Waals surface area contributed by atoms with Gasteiger partial charge in [0.25, 0.3) is 5.91 Å². The summed E-state index contributed by atoms with van der Waals surface area (Å²) in [6.07, 6.45) is -1.93. The largest absolute Gasteiger partial charge is 0.416 e. The fourth-order valence-corrected chi connectivity index (χ4v) is 3.93. The fraction of sp³-hybridized carbons (Fsp3) is 0.217. The van der Waals surface area contributed by atoms with E-state index in [1.54, 1.807) is 25.4 Å². The van der Waals surface area contributed by atoms with Gasteiger partial charge >= 0.3 is 6.18 Å². The number of aryl methyl sites for hydroxylation is 1. The summed E-state index contributed by atoms with van der Waals surface area (Å²) >= 11 is 0. The summed E-state index contributed by atoms with van der Waals surface area (Å²) in [5.74, 6) is 0.945. The first-order valence-electron chi connectivity index (χ1n) is 10.6. The molecule has 0 fully saturated rings. The third kappa shape index (κ3) is 4.18. The molecule has 2 aromatic heterocycles. The molecule has 1 amide bonds. The Morgan fingerprint density at radius 2 is 2.00 bits per heavy atom. The molecular weight excluding hydrogens is 461 g/mol. The molecule has 0 unspecified atom stereocenters. The number of halogens is 3. The van der Waals surface area contributed by atoms with Crippen LogP contribution in [0.1, 0.15) is 21.6 Å². The molecule has 35 heavy (non-hydrogen) atoms. The third-order valence-corrected chi connectivity index (χ3v) is 5.61. The maximum Gasteiger partial charge on any atom is 0.416 e. The number of alkyl halides is 3. The first-order chi connectivity index (χ1) is 16.7. The van der Waals surface area contributed by atoms with E-state index in [9.17, 15) is 18.0 Å². The standard InChI is InChI=1S/C23H19F3N8O/c1-12-3-4-17(32-21(35)16-10-14(5-6-28-16)23(24,25)26)31-18(12)15-9-13-11-30-22(27-2)33-19(13)34-8-7-29-20(15)34/h3-6,9-11,29H,7-8H2,1-2H3,(H,31,32,35). The number of fused-ring (bicyclic) bond motifs is 3. The van der Waals surface area contributed by atoms with Crippen LogP contribution in [0.3, 0.4) is 0 Å². The fourth-order valence-electron chi connectivity index (χ4n) is 3.93. The van der Waals surface area contributed by atoms with Gasteiger partial charge in [0.2, 0.25) is 5.62 Å². The van der Waals surface area contributed by atoms with Crippen LogP contribution in [0.4, 0.5) is 24.8 Å². The van der Waals surface area contributed by atoms with Crippen molar-refractivity contribution in [2.45, 2.75) is 19.6 Å². The van der Waals surface area contributed by atoms with Gasteiger partial charge in [-0.1, -0.05) is 6.07 Å². The maximum absolute atomic E-state index is 13.0. The first kappa shape index (κ1) is 22.4. The van der Waals surface area contributed by atoms with Crippen LogP contribution in [0.5, 0.6) is 0 Å². The second kappa shape index (κ2) is 8.46. The Morgan fingerprint density at radius 3 is 2.77 bits per heavy atom. The van der Waals surface area contributed by atoms with Gasteiger partial charge in [-0.2, -0.15) is 18.2 Å². The number of pyridine rings is 3. The molecule has 2 N–H and O–H groups in total. The van der Waals surface area contributed by atoms with Gasteiger partial charge < -0.3 is 15.2 Å². The van der Waals surface area contributed by atoms with Crippen molar-refractivity contribution in [2.75, 3.05) is 24.2 Å². The van der Waals surface area contributed by atoms with Crippen molar-refractivity contribution in [1.82, 2.24) is 24.5 Å². The smallest absolute Gasteiger partial charge is 0.369 e.